The molecule has 0 saturated heterocycles. The number of carbonyl (C=O) groups is 2. The zero-order valence-corrected chi connectivity index (χ0v) is 11.5. The number of rotatable bonds is 8. The molecule has 1 fully saturated rings. The Morgan fingerprint density at radius 2 is 2.30 bits per heavy atom. The Bertz CT molecular complexity index is 489. The van der Waals surface area contributed by atoms with Crippen LogP contribution in [0.4, 0.5) is 0 Å². The molecule has 1 aliphatic carbocycles. The van der Waals surface area contributed by atoms with Gasteiger partial charge in [-0.15, -0.1) is 10.2 Å². The lowest BCUT2D eigenvalue weighted by Gasteiger charge is -2.12. The van der Waals surface area contributed by atoms with E-state index >= 15 is 0 Å². The summed E-state index contributed by atoms with van der Waals surface area (Å²) in [6.45, 7) is -0.291. The van der Waals surface area contributed by atoms with E-state index in [1.165, 1.54) is 11.8 Å². The van der Waals surface area contributed by atoms with Crippen molar-refractivity contribution < 1.29 is 19.8 Å². The maximum Gasteiger partial charge on any atom is 0.326 e. The molecule has 20 heavy (non-hydrogen) atoms. The van der Waals surface area contributed by atoms with E-state index < -0.39 is 17.9 Å². The van der Waals surface area contributed by atoms with Crippen LogP contribution in [0.25, 0.3) is 0 Å². The summed E-state index contributed by atoms with van der Waals surface area (Å²) in [7, 11) is 0. The van der Waals surface area contributed by atoms with Crippen LogP contribution in [0.1, 0.15) is 25.3 Å². The number of aromatic nitrogens is 3. The Hall–Kier alpha value is -1.61. The van der Waals surface area contributed by atoms with Crippen molar-refractivity contribution in [1.82, 2.24) is 20.1 Å². The molecule has 1 amide bonds. The van der Waals surface area contributed by atoms with Crippen molar-refractivity contribution in [2.24, 2.45) is 0 Å². The van der Waals surface area contributed by atoms with Crippen LogP contribution in [-0.4, -0.2) is 55.3 Å². The lowest BCUT2D eigenvalue weighted by molar-refractivity contribution is -0.141. The highest BCUT2D eigenvalue weighted by Gasteiger charge is 2.26. The summed E-state index contributed by atoms with van der Waals surface area (Å²) < 4.78 is 1.93. The Labute approximate surface area is 119 Å². The van der Waals surface area contributed by atoms with E-state index in [2.05, 4.69) is 15.5 Å². The van der Waals surface area contributed by atoms with Gasteiger partial charge in [0.1, 0.15) is 12.4 Å². The number of nitrogens with zero attached hydrogens (tertiary/aromatic N) is 3. The first-order valence-electron chi connectivity index (χ1n) is 6.27. The number of carboxylic acid groups (broad SMARTS) is 1. The van der Waals surface area contributed by atoms with Crippen molar-refractivity contribution in [3.63, 3.8) is 0 Å². The van der Waals surface area contributed by atoms with Crippen molar-refractivity contribution in [3.8, 4) is 0 Å². The minimum absolute atomic E-state index is 0.00992. The van der Waals surface area contributed by atoms with Gasteiger partial charge in [-0.1, -0.05) is 11.8 Å². The fourth-order valence-electron chi connectivity index (χ4n) is 1.69. The fourth-order valence-corrected chi connectivity index (χ4v) is 2.48. The molecule has 1 aliphatic rings. The first-order chi connectivity index (χ1) is 9.61. The lowest BCUT2D eigenvalue weighted by Crippen LogP contribution is -2.42. The molecule has 1 heterocycles. The van der Waals surface area contributed by atoms with E-state index in [0.717, 1.165) is 12.8 Å². The molecule has 1 saturated carbocycles. The highest BCUT2D eigenvalue weighted by Crippen LogP contribution is 2.37. The summed E-state index contributed by atoms with van der Waals surface area (Å²) in [6, 6.07) is -0.633. The van der Waals surface area contributed by atoms with Gasteiger partial charge in [-0.2, -0.15) is 0 Å². The number of carboxylic acids is 1. The van der Waals surface area contributed by atoms with Crippen LogP contribution in [0.3, 0.4) is 0 Å². The average molecular weight is 300 g/mol. The molecular weight excluding hydrogens is 284 g/mol. The number of hydrogen-bond acceptors (Lipinski definition) is 6. The van der Waals surface area contributed by atoms with Crippen LogP contribution in [0, 0.1) is 0 Å². The number of aliphatic carboxylic acids is 1. The minimum Gasteiger partial charge on any atom is -0.480 e. The smallest absolute Gasteiger partial charge is 0.326 e. The van der Waals surface area contributed by atoms with Crippen molar-refractivity contribution in [3.05, 3.63) is 6.33 Å². The molecular formula is C11H16N4O4S. The number of amides is 1. The summed E-state index contributed by atoms with van der Waals surface area (Å²) in [5, 5.41) is 28.4. The summed E-state index contributed by atoms with van der Waals surface area (Å²) in [5.74, 6) is -1.49. The zero-order valence-electron chi connectivity index (χ0n) is 10.7. The number of nitrogens with one attached hydrogen (secondary N) is 1. The molecule has 0 aromatic carbocycles. The van der Waals surface area contributed by atoms with Crippen LogP contribution in [-0.2, 0) is 9.59 Å². The van der Waals surface area contributed by atoms with Crippen molar-refractivity contribution >= 4 is 23.6 Å². The van der Waals surface area contributed by atoms with Gasteiger partial charge in [0.25, 0.3) is 0 Å². The first kappa shape index (κ1) is 14.8. The molecule has 8 nitrogen and oxygen atoms in total. The van der Waals surface area contributed by atoms with Crippen LogP contribution < -0.4 is 5.32 Å². The molecule has 1 aromatic heterocycles. The Balaban J connectivity index is 1.82. The van der Waals surface area contributed by atoms with E-state index in [0.29, 0.717) is 11.2 Å². The van der Waals surface area contributed by atoms with Gasteiger partial charge >= 0.3 is 5.97 Å². The maximum absolute atomic E-state index is 11.7. The van der Waals surface area contributed by atoms with E-state index in [1.807, 2.05) is 4.57 Å². The molecule has 3 N–H and O–H groups in total. The molecule has 1 aromatic rings. The summed E-state index contributed by atoms with van der Waals surface area (Å²) >= 11 is 1.22. The molecule has 1 atom stereocenters. The van der Waals surface area contributed by atoms with Crippen LogP contribution in [0.15, 0.2) is 11.5 Å². The van der Waals surface area contributed by atoms with Gasteiger partial charge in [0, 0.05) is 19.1 Å². The maximum atomic E-state index is 11.7. The number of aliphatic hydroxyl groups is 1. The van der Waals surface area contributed by atoms with Gasteiger partial charge in [0.15, 0.2) is 5.16 Å². The quantitative estimate of drug-likeness (QED) is 0.562. The standard InChI is InChI=1S/C11H16N4O4S/c16-4-3-8(10(18)19)13-9(17)5-20-11-14-12-6-15(11)7-1-2-7/h6-8,16H,1-5H2,(H,13,17)(H,18,19). The topological polar surface area (TPSA) is 117 Å². The van der Waals surface area contributed by atoms with Gasteiger partial charge in [-0.3, -0.25) is 4.79 Å². The molecule has 9 heteroatoms. The highest BCUT2D eigenvalue weighted by molar-refractivity contribution is 7.99. The second-order valence-electron chi connectivity index (χ2n) is 4.51. The van der Waals surface area contributed by atoms with Crippen molar-refractivity contribution in [1.29, 1.82) is 0 Å². The van der Waals surface area contributed by atoms with E-state index in [-0.39, 0.29) is 18.8 Å². The van der Waals surface area contributed by atoms with Crippen LogP contribution in [0.5, 0.6) is 0 Å². The van der Waals surface area contributed by atoms with Crippen molar-refractivity contribution in [2.45, 2.75) is 36.5 Å². The van der Waals surface area contributed by atoms with Gasteiger partial charge in [-0.25, -0.2) is 4.79 Å². The van der Waals surface area contributed by atoms with Gasteiger partial charge in [0.05, 0.1) is 5.75 Å². The molecule has 2 rings (SSSR count). The Kier molecular flexibility index (Phi) is 4.96. The third kappa shape index (κ3) is 3.94. The second kappa shape index (κ2) is 6.71. The van der Waals surface area contributed by atoms with Crippen LogP contribution in [0.2, 0.25) is 0 Å². The van der Waals surface area contributed by atoms with Gasteiger partial charge in [-0.05, 0) is 12.8 Å². The molecule has 110 valence electrons. The largest absolute Gasteiger partial charge is 0.480 e. The van der Waals surface area contributed by atoms with Gasteiger partial charge in [0.2, 0.25) is 5.91 Å². The summed E-state index contributed by atoms with van der Waals surface area (Å²) in [5.41, 5.74) is 0. The highest BCUT2D eigenvalue weighted by atomic mass is 32.2. The number of hydrogen-bond donors (Lipinski definition) is 3. The predicted molar refractivity (Wildman–Crippen MR) is 70.3 cm³/mol. The molecule has 1 unspecified atom stereocenters. The predicted octanol–water partition coefficient (Wildman–Crippen LogP) is -0.343. The third-order valence-electron chi connectivity index (χ3n) is 2.86. The van der Waals surface area contributed by atoms with Crippen LogP contribution >= 0.6 is 11.8 Å². The van der Waals surface area contributed by atoms with E-state index in [9.17, 15) is 9.59 Å². The van der Waals surface area contributed by atoms with Crippen molar-refractivity contribution in [2.75, 3.05) is 12.4 Å². The summed E-state index contributed by atoms with van der Waals surface area (Å²) in [6.07, 6.45) is 3.82. The normalized spacial score (nSPS) is 15.8. The average Bonchev–Trinajstić information content (AvgIpc) is 3.14. The zero-order chi connectivity index (χ0) is 14.5. The molecule has 0 bridgehead atoms. The SMILES string of the molecule is O=C(CSc1nncn1C1CC1)NC(CCO)C(=O)O. The second-order valence-corrected chi connectivity index (χ2v) is 5.45. The first-order valence-corrected chi connectivity index (χ1v) is 7.25. The minimum atomic E-state index is -1.15. The summed E-state index contributed by atoms with van der Waals surface area (Å²) in [4.78, 5) is 22.5. The molecule has 0 aliphatic heterocycles. The Morgan fingerprint density at radius 3 is 2.90 bits per heavy atom. The number of aliphatic hydroxyl groups excluding tert-OH is 1. The lowest BCUT2D eigenvalue weighted by atomic mass is 10.2. The van der Waals surface area contributed by atoms with E-state index in [1.54, 1.807) is 6.33 Å². The third-order valence-corrected chi connectivity index (χ3v) is 3.82. The number of thioether (sulfide) groups is 1. The fraction of sp³-hybridized carbons (Fsp3) is 0.636. The van der Waals surface area contributed by atoms with E-state index in [4.69, 9.17) is 10.2 Å². The molecule has 0 spiro atoms. The van der Waals surface area contributed by atoms with Gasteiger partial charge < -0.3 is 20.1 Å². The monoisotopic (exact) mass is 300 g/mol. The molecule has 0 radical (unpaired) electrons. The number of carbonyl (C=O) groups excluding carboxylic acids is 1. The Morgan fingerprint density at radius 1 is 1.55 bits per heavy atom.